The van der Waals surface area contributed by atoms with Gasteiger partial charge in [-0.25, -0.2) is 4.98 Å². The van der Waals surface area contributed by atoms with Crippen molar-refractivity contribution in [1.29, 1.82) is 0 Å². The average Bonchev–Trinajstić information content (AvgIpc) is 2.11. The minimum atomic E-state index is 0.749. The third-order valence-electron chi connectivity index (χ3n) is 1.93. The lowest BCUT2D eigenvalue weighted by Crippen LogP contribution is -2.03. The molecule has 13 heavy (non-hydrogen) atoms. The lowest BCUT2D eigenvalue weighted by atomic mass is 10.1. The lowest BCUT2D eigenvalue weighted by Gasteiger charge is -2.06. The van der Waals surface area contributed by atoms with Gasteiger partial charge in [-0.15, -0.1) is 0 Å². The molecule has 2 N–H and O–H groups in total. The van der Waals surface area contributed by atoms with Crippen LogP contribution < -0.4 is 5.73 Å². The molecule has 0 unspecified atom stereocenters. The van der Waals surface area contributed by atoms with Crippen LogP contribution in [-0.4, -0.2) is 18.2 Å². The van der Waals surface area contributed by atoms with Gasteiger partial charge in [0.15, 0.2) is 0 Å². The zero-order valence-electron chi connectivity index (χ0n) is 8.33. The van der Waals surface area contributed by atoms with E-state index in [2.05, 4.69) is 16.9 Å². The van der Waals surface area contributed by atoms with Crippen molar-refractivity contribution in [1.82, 2.24) is 4.98 Å². The van der Waals surface area contributed by atoms with E-state index in [1.807, 2.05) is 13.0 Å². The zero-order chi connectivity index (χ0) is 9.84. The van der Waals surface area contributed by atoms with Gasteiger partial charge in [0, 0.05) is 19.0 Å². The maximum atomic E-state index is 5.90. The predicted molar refractivity (Wildman–Crippen MR) is 56.3 cm³/mol. The molecule has 0 saturated carbocycles. The zero-order valence-corrected chi connectivity index (χ0v) is 8.33. The standard InChI is InChI=1S/C10H15N3/c1-4-8-5-7(2)13-9(6-12-3)10(8)11/h5-6H,4,11H2,1-3H3. The molecule has 0 aliphatic carbocycles. The van der Waals surface area contributed by atoms with Crippen molar-refractivity contribution in [2.45, 2.75) is 20.3 Å². The number of pyridine rings is 1. The molecule has 0 aliphatic heterocycles. The minimum absolute atomic E-state index is 0.749. The number of aromatic nitrogens is 1. The van der Waals surface area contributed by atoms with Gasteiger partial charge in [-0.05, 0) is 25.0 Å². The molecule has 0 aliphatic rings. The first-order chi connectivity index (χ1) is 6.19. The van der Waals surface area contributed by atoms with Crippen LogP contribution in [0.4, 0.5) is 5.69 Å². The van der Waals surface area contributed by atoms with Gasteiger partial charge in [0.1, 0.15) is 5.69 Å². The van der Waals surface area contributed by atoms with Gasteiger partial charge in [-0.1, -0.05) is 6.92 Å². The van der Waals surface area contributed by atoms with Crippen LogP contribution in [0.1, 0.15) is 23.9 Å². The summed E-state index contributed by atoms with van der Waals surface area (Å²) in [4.78, 5) is 8.21. The van der Waals surface area contributed by atoms with Gasteiger partial charge in [0.25, 0.3) is 0 Å². The maximum Gasteiger partial charge on any atom is 0.104 e. The summed E-state index contributed by atoms with van der Waals surface area (Å²) in [7, 11) is 1.72. The van der Waals surface area contributed by atoms with E-state index in [1.165, 1.54) is 0 Å². The molecule has 3 heteroatoms. The van der Waals surface area contributed by atoms with Gasteiger partial charge in [-0.3, -0.25) is 4.99 Å². The maximum absolute atomic E-state index is 5.90. The summed E-state index contributed by atoms with van der Waals surface area (Å²) in [5.41, 5.74) is 9.55. The van der Waals surface area contributed by atoms with Crippen LogP contribution in [0.3, 0.4) is 0 Å². The van der Waals surface area contributed by atoms with E-state index < -0.39 is 0 Å². The van der Waals surface area contributed by atoms with E-state index in [0.717, 1.165) is 29.1 Å². The van der Waals surface area contributed by atoms with Crippen molar-refractivity contribution in [3.05, 3.63) is 23.0 Å². The highest BCUT2D eigenvalue weighted by molar-refractivity contribution is 5.85. The lowest BCUT2D eigenvalue weighted by molar-refractivity contribution is 1.09. The average molecular weight is 177 g/mol. The second-order valence-corrected chi connectivity index (χ2v) is 2.96. The Hall–Kier alpha value is -1.38. The minimum Gasteiger partial charge on any atom is -0.397 e. The van der Waals surface area contributed by atoms with Gasteiger partial charge in [0.05, 0.1) is 5.69 Å². The smallest absolute Gasteiger partial charge is 0.104 e. The molecular formula is C10H15N3. The van der Waals surface area contributed by atoms with E-state index in [9.17, 15) is 0 Å². The van der Waals surface area contributed by atoms with Crippen LogP contribution in [0.25, 0.3) is 0 Å². The number of aryl methyl sites for hydroxylation is 2. The summed E-state index contributed by atoms with van der Waals surface area (Å²) in [6.45, 7) is 4.05. The summed E-state index contributed by atoms with van der Waals surface area (Å²) in [6.07, 6.45) is 2.63. The van der Waals surface area contributed by atoms with Crippen molar-refractivity contribution in [3.63, 3.8) is 0 Å². The molecule has 0 spiro atoms. The molecule has 1 rings (SSSR count). The summed E-state index contributed by atoms with van der Waals surface area (Å²) in [5.74, 6) is 0. The second-order valence-electron chi connectivity index (χ2n) is 2.96. The van der Waals surface area contributed by atoms with E-state index in [4.69, 9.17) is 5.73 Å². The van der Waals surface area contributed by atoms with E-state index in [0.29, 0.717) is 0 Å². The number of hydrogen-bond acceptors (Lipinski definition) is 3. The van der Waals surface area contributed by atoms with Crippen molar-refractivity contribution in [2.75, 3.05) is 12.8 Å². The van der Waals surface area contributed by atoms with Crippen LogP contribution in [0.2, 0.25) is 0 Å². The number of nitrogen functional groups attached to an aromatic ring is 1. The molecule has 0 aromatic carbocycles. The highest BCUT2D eigenvalue weighted by Crippen LogP contribution is 2.16. The van der Waals surface area contributed by atoms with Crippen molar-refractivity contribution < 1.29 is 0 Å². The van der Waals surface area contributed by atoms with Gasteiger partial charge >= 0.3 is 0 Å². The summed E-state index contributed by atoms with van der Waals surface area (Å²) in [5, 5.41) is 0. The Morgan fingerprint density at radius 3 is 2.85 bits per heavy atom. The fraction of sp³-hybridized carbons (Fsp3) is 0.400. The molecule has 0 amide bonds. The van der Waals surface area contributed by atoms with Crippen molar-refractivity contribution in [2.24, 2.45) is 4.99 Å². The number of anilines is 1. The Morgan fingerprint density at radius 2 is 2.31 bits per heavy atom. The third kappa shape index (κ3) is 2.05. The van der Waals surface area contributed by atoms with E-state index >= 15 is 0 Å². The van der Waals surface area contributed by atoms with E-state index in [-0.39, 0.29) is 0 Å². The number of nitrogens with zero attached hydrogens (tertiary/aromatic N) is 2. The Kier molecular flexibility index (Phi) is 3.01. The summed E-state index contributed by atoms with van der Waals surface area (Å²) >= 11 is 0. The normalized spacial score (nSPS) is 11.0. The molecule has 3 nitrogen and oxygen atoms in total. The third-order valence-corrected chi connectivity index (χ3v) is 1.93. The van der Waals surface area contributed by atoms with Crippen LogP contribution in [0.15, 0.2) is 11.1 Å². The van der Waals surface area contributed by atoms with Gasteiger partial charge in [-0.2, -0.15) is 0 Å². The summed E-state index contributed by atoms with van der Waals surface area (Å²) < 4.78 is 0. The summed E-state index contributed by atoms with van der Waals surface area (Å²) in [6, 6.07) is 2.02. The monoisotopic (exact) mass is 177 g/mol. The second kappa shape index (κ2) is 4.03. The highest BCUT2D eigenvalue weighted by Gasteiger charge is 2.04. The Balaban J connectivity index is 3.26. The first-order valence-electron chi connectivity index (χ1n) is 4.37. The largest absolute Gasteiger partial charge is 0.397 e. The van der Waals surface area contributed by atoms with Crippen molar-refractivity contribution in [3.8, 4) is 0 Å². The highest BCUT2D eigenvalue weighted by atomic mass is 14.8. The molecule has 1 aromatic heterocycles. The SMILES string of the molecule is CCc1cc(C)nc(C=NC)c1N. The molecule has 70 valence electrons. The molecule has 1 heterocycles. The van der Waals surface area contributed by atoms with Crippen LogP contribution in [0.5, 0.6) is 0 Å². The number of nitrogens with two attached hydrogens (primary N) is 1. The number of rotatable bonds is 2. The number of aliphatic imine (C=N–C) groups is 1. The molecule has 0 saturated heterocycles. The van der Waals surface area contributed by atoms with E-state index in [1.54, 1.807) is 13.3 Å². The number of hydrogen-bond donors (Lipinski definition) is 1. The van der Waals surface area contributed by atoms with Crippen LogP contribution in [-0.2, 0) is 6.42 Å². The molecule has 1 aromatic rings. The topological polar surface area (TPSA) is 51.3 Å². The molecular weight excluding hydrogens is 162 g/mol. The van der Waals surface area contributed by atoms with Gasteiger partial charge in [0.2, 0.25) is 0 Å². The fourth-order valence-electron chi connectivity index (χ4n) is 1.29. The van der Waals surface area contributed by atoms with Crippen LogP contribution in [0, 0.1) is 6.92 Å². The molecule has 0 atom stereocenters. The van der Waals surface area contributed by atoms with Crippen LogP contribution >= 0.6 is 0 Å². The predicted octanol–water partition coefficient (Wildman–Crippen LogP) is 1.58. The molecule has 0 bridgehead atoms. The quantitative estimate of drug-likeness (QED) is 0.697. The van der Waals surface area contributed by atoms with Gasteiger partial charge < -0.3 is 5.73 Å². The molecule has 0 radical (unpaired) electrons. The first-order valence-corrected chi connectivity index (χ1v) is 4.37. The Labute approximate surface area is 78.7 Å². The molecule has 0 fully saturated rings. The first kappa shape index (κ1) is 9.71. The van der Waals surface area contributed by atoms with Crippen molar-refractivity contribution >= 4 is 11.9 Å². The Morgan fingerprint density at radius 1 is 1.62 bits per heavy atom. The fourth-order valence-corrected chi connectivity index (χ4v) is 1.29. The Bertz CT molecular complexity index is 329.